The quantitative estimate of drug-likeness (QED) is 0.0129. The molecule has 6 N–H and O–H groups in total. The number of nitrogens with two attached hydrogens (primary N) is 2. The fourth-order valence-electron chi connectivity index (χ4n) is 17.7. The van der Waals surface area contributed by atoms with Crippen LogP contribution in [0, 0.1) is 23.7 Å². The number of aromatic nitrogens is 7. The van der Waals surface area contributed by atoms with Gasteiger partial charge in [0.05, 0.1) is 74.7 Å². The number of nitrogens with one attached hydrogen (secondary N) is 1. The van der Waals surface area contributed by atoms with E-state index in [1.807, 2.05) is 84.8 Å². The first kappa shape index (κ1) is 92.1. The predicted molar refractivity (Wildman–Crippen MR) is 475 cm³/mol. The third-order valence-corrected chi connectivity index (χ3v) is 25.0. The zero-order valence-electron chi connectivity index (χ0n) is 72.9. The van der Waals surface area contributed by atoms with Crippen LogP contribution in [0.5, 0.6) is 0 Å². The second kappa shape index (κ2) is 45.5. The fourth-order valence-corrected chi connectivity index (χ4v) is 17.7. The molecule has 0 radical (unpaired) electrons. The number of nitrogen functional groups attached to an aromatic ring is 2. The lowest BCUT2D eigenvalue weighted by atomic mass is 9.83. The SMILES string of the molecule is C=N/C=C(\C=NCCN(CCNC)C(=O)CCOCCN1CCN(c2ncc(C(=O)N3CCc4cc(Cn5nc(-c6ccc7oc(N)nc7c6)c6c(N)ncnc65)ccc4C3)cn2)CC1)COC1CCC(CCC2CCC(C)/C=C(\C)C(O)CC(=O)C(C)CC(C)/C=C/C=C/C=C(\C)C(OC)CC3CCCC(O3)C(=O)C(=O)N3CCCCC3C(=O)O2)CC1. The molecule has 0 spiro atoms. The summed E-state index contributed by atoms with van der Waals surface area (Å²) in [4.78, 5) is 125. The standard InChI is InChI=1S/C93H127N17O13/c1-61-15-10-9-11-16-63(3)82(118-8)51-75-17-14-19-81(121-75)86(114)90(116)109-36-13-12-18-77(109)91(117)122-74(27-20-62(2)48-65(5)79(112)52-78(111)64(4)47-61)30-24-66-22-28-73(29-23-66)120-59-68(53-97-7)54-98-35-39-106(38-34-96-6)83(113)33-45-119-46-44-105-40-42-107(43-41-105)93-99-55-72(56-100-93)89(115)108-37-32-69-49-67(21-25-71(69)58-108)57-110-88-84(87(94)101-60-102-88)85(104-110)70-26-31-80-76(50-70)103-92(95)123-80/h9-11,15-16,21,25-26,31,48-50,53-56,60-62,64,66,73-75,77,79,81-82,96,112H,7,12-14,17-20,22-24,27-30,32-47,51-52,57-59H2,1-6,8H3,(H2,95,103)(H2,94,101,102)/b11-9+,15-10+,63-16+,65-48+,68-53+,98-54?. The number of piperidine rings is 1. The Morgan fingerprint density at radius 2 is 1.64 bits per heavy atom. The number of aliphatic hydroxyl groups is 1. The minimum Gasteiger partial charge on any atom is -0.461 e. The number of aliphatic imine (C=N–C) groups is 2. The van der Waals surface area contributed by atoms with Crippen molar-refractivity contribution < 1.29 is 62.0 Å². The Balaban J connectivity index is 0.553. The molecule has 3 saturated heterocycles. The third kappa shape index (κ3) is 25.8. The van der Waals surface area contributed by atoms with Crippen LogP contribution in [0.3, 0.4) is 0 Å². The van der Waals surface area contributed by atoms with Gasteiger partial charge in [-0.3, -0.25) is 38.9 Å². The van der Waals surface area contributed by atoms with Crippen molar-refractivity contribution in [3.63, 3.8) is 0 Å². The summed E-state index contributed by atoms with van der Waals surface area (Å²) in [6, 6.07) is 11.0. The molecule has 4 aromatic heterocycles. The lowest BCUT2D eigenvalue weighted by Gasteiger charge is -2.36. The van der Waals surface area contributed by atoms with E-state index in [9.17, 15) is 33.9 Å². The van der Waals surface area contributed by atoms with E-state index in [0.29, 0.717) is 207 Å². The van der Waals surface area contributed by atoms with Crippen molar-refractivity contribution in [3.8, 4) is 11.3 Å². The number of benzene rings is 2. The van der Waals surface area contributed by atoms with E-state index in [-0.39, 0.29) is 79.1 Å². The number of allylic oxidation sites excluding steroid dienone is 6. The summed E-state index contributed by atoms with van der Waals surface area (Å²) < 4.78 is 38.7. The van der Waals surface area contributed by atoms with E-state index in [4.69, 9.17) is 49.7 Å². The second-order valence-corrected chi connectivity index (χ2v) is 34.2. The molecule has 662 valence electrons. The molecule has 6 aromatic rings. The van der Waals surface area contributed by atoms with E-state index in [1.54, 1.807) is 38.0 Å². The van der Waals surface area contributed by atoms with Crippen molar-refractivity contribution >= 4 is 88.1 Å². The average molecular weight is 1690 g/mol. The molecule has 9 heterocycles. The van der Waals surface area contributed by atoms with Gasteiger partial charge in [0.2, 0.25) is 17.6 Å². The van der Waals surface area contributed by atoms with Crippen LogP contribution in [0.2, 0.25) is 0 Å². The highest BCUT2D eigenvalue weighted by Crippen LogP contribution is 2.37. The normalized spacial score (nSPS) is 25.9. The van der Waals surface area contributed by atoms with Gasteiger partial charge in [0.25, 0.3) is 17.8 Å². The van der Waals surface area contributed by atoms with Crippen LogP contribution in [-0.4, -0.2) is 256 Å². The number of piperazine rings is 1. The molecule has 4 fully saturated rings. The van der Waals surface area contributed by atoms with Crippen molar-refractivity contribution in [1.82, 2.24) is 59.6 Å². The summed E-state index contributed by atoms with van der Waals surface area (Å²) in [5, 5.41) is 20.1. The largest absolute Gasteiger partial charge is 0.461 e. The van der Waals surface area contributed by atoms with Crippen molar-refractivity contribution in [3.05, 3.63) is 137 Å². The van der Waals surface area contributed by atoms with Gasteiger partial charge in [-0.15, -0.1) is 0 Å². The van der Waals surface area contributed by atoms with Gasteiger partial charge in [-0.25, -0.2) is 29.4 Å². The van der Waals surface area contributed by atoms with Gasteiger partial charge in [0.15, 0.2) is 11.2 Å². The summed E-state index contributed by atoms with van der Waals surface area (Å²) in [6.45, 7) is 22.1. The highest BCUT2D eigenvalue weighted by molar-refractivity contribution is 6.38. The van der Waals surface area contributed by atoms with Gasteiger partial charge >= 0.3 is 5.97 Å². The van der Waals surface area contributed by atoms with Crippen LogP contribution >= 0.6 is 0 Å². The summed E-state index contributed by atoms with van der Waals surface area (Å²) >= 11 is 0. The first-order valence-corrected chi connectivity index (χ1v) is 44.3. The van der Waals surface area contributed by atoms with Crippen LogP contribution in [0.4, 0.5) is 17.8 Å². The average Bonchev–Trinajstić information content (AvgIpc) is 1.61. The predicted octanol–water partition coefficient (Wildman–Crippen LogP) is 11.0. The summed E-state index contributed by atoms with van der Waals surface area (Å²) in [5.41, 5.74) is 21.6. The molecular weight excluding hydrogens is 1560 g/mol. The molecule has 2 bridgehead atoms. The van der Waals surface area contributed by atoms with Crippen LogP contribution in [0.25, 0.3) is 33.4 Å². The first-order chi connectivity index (χ1) is 59.6. The Bertz CT molecular complexity index is 4770. The fraction of sp³-hybridized carbons (Fsp3) is 0.570. The molecule has 2 aromatic carbocycles. The Hall–Kier alpha value is -10.1. The monoisotopic (exact) mass is 1690 g/mol. The second-order valence-electron chi connectivity index (χ2n) is 34.2. The molecule has 5 aliphatic heterocycles. The molecular formula is C93H127N17O13. The number of fused-ring (bicyclic) bond motifs is 6. The zero-order chi connectivity index (χ0) is 86.9. The number of carbonyl (C=O) groups excluding carboxylic acids is 6. The first-order valence-electron chi connectivity index (χ1n) is 44.3. The summed E-state index contributed by atoms with van der Waals surface area (Å²) in [5.74, 6) is -0.759. The number of Topliss-reactive ketones (excluding diaryl/α,β-unsaturated/α-hetero) is 2. The number of likely N-dealkylation sites (N-methyl/N-ethyl adjacent to an activating group) is 1. The van der Waals surface area contributed by atoms with Gasteiger partial charge in [0, 0.05) is 134 Å². The highest BCUT2D eigenvalue weighted by Gasteiger charge is 2.42. The maximum Gasteiger partial charge on any atom is 0.329 e. The molecule has 3 amide bonds. The number of hydrogen-bond acceptors (Lipinski definition) is 26. The van der Waals surface area contributed by atoms with E-state index < -0.39 is 42.0 Å². The maximum atomic E-state index is 14.5. The Morgan fingerprint density at radius 1 is 0.829 bits per heavy atom. The number of nitrogens with zero attached hydrogens (tertiary/aromatic N) is 14. The Kier molecular flexibility index (Phi) is 34.1. The smallest absolute Gasteiger partial charge is 0.329 e. The Morgan fingerprint density at radius 3 is 2.43 bits per heavy atom. The number of cyclic esters (lactones) is 1. The summed E-state index contributed by atoms with van der Waals surface area (Å²) in [6.07, 6.45) is 29.2. The van der Waals surface area contributed by atoms with Gasteiger partial charge in [-0.1, -0.05) is 75.4 Å². The highest BCUT2D eigenvalue weighted by atomic mass is 16.5. The van der Waals surface area contributed by atoms with Crippen LogP contribution < -0.4 is 21.7 Å². The van der Waals surface area contributed by atoms with E-state index >= 15 is 0 Å². The van der Waals surface area contributed by atoms with Crippen LogP contribution in [0.1, 0.15) is 177 Å². The van der Waals surface area contributed by atoms with Gasteiger partial charge in [0.1, 0.15) is 47.4 Å². The number of amides is 3. The molecule has 123 heavy (non-hydrogen) atoms. The van der Waals surface area contributed by atoms with E-state index in [1.165, 1.54) is 16.8 Å². The molecule has 1 aliphatic carbocycles. The number of methoxy groups -OCH3 is 1. The van der Waals surface area contributed by atoms with Gasteiger partial charge in [-0.2, -0.15) is 10.1 Å². The number of ketones is 2. The number of ether oxygens (including phenoxy) is 5. The van der Waals surface area contributed by atoms with Gasteiger partial charge in [-0.05, 0) is 194 Å². The van der Waals surface area contributed by atoms with E-state index in [2.05, 4.69) is 89.9 Å². The van der Waals surface area contributed by atoms with E-state index in [0.717, 1.165) is 85.0 Å². The lowest BCUT2D eigenvalue weighted by molar-refractivity contribution is -0.167. The Labute approximate surface area is 722 Å². The summed E-state index contributed by atoms with van der Waals surface area (Å²) in [7, 11) is 3.52. The van der Waals surface area contributed by atoms with Gasteiger partial charge < -0.3 is 69.6 Å². The maximum absolute atomic E-state index is 14.5. The molecule has 9 unspecified atom stereocenters. The molecule has 9 atom stereocenters. The van der Waals surface area contributed by atoms with Crippen LogP contribution in [-0.2, 0) is 67.2 Å². The van der Waals surface area contributed by atoms with Crippen LogP contribution in [0.15, 0.2) is 129 Å². The molecule has 1 saturated carbocycles. The van der Waals surface area contributed by atoms with Crippen molar-refractivity contribution in [2.24, 2.45) is 33.7 Å². The number of aliphatic hydroxyl groups excluding tert-OH is 1. The minimum absolute atomic E-state index is 0.00193. The third-order valence-electron chi connectivity index (χ3n) is 25.0. The number of anilines is 3. The molecule has 30 heteroatoms. The number of hydrogen-bond donors (Lipinski definition) is 4. The minimum atomic E-state index is -0.919. The number of oxazole rings is 1. The molecule has 6 aliphatic rings. The number of rotatable bonds is 26. The topological polar surface area (TPSA) is 369 Å². The van der Waals surface area contributed by atoms with Crippen molar-refractivity contribution in [2.45, 2.75) is 212 Å². The van der Waals surface area contributed by atoms with Crippen molar-refractivity contribution in [2.75, 3.05) is 122 Å². The number of carbonyl (C=O) groups is 6. The number of esters is 1. The molecule has 30 nitrogen and oxygen atoms in total. The molecule has 12 rings (SSSR count). The lowest BCUT2D eigenvalue weighted by Crippen LogP contribution is -2.54. The zero-order valence-corrected chi connectivity index (χ0v) is 72.9. The van der Waals surface area contributed by atoms with Crippen molar-refractivity contribution in [1.29, 1.82) is 0 Å².